The molecule has 0 spiro atoms. The van der Waals surface area contributed by atoms with E-state index in [1.807, 2.05) is 74.5 Å². The molecule has 3 aromatic rings. The molecule has 28 heavy (non-hydrogen) atoms. The first-order chi connectivity index (χ1) is 13.8. The molecular weight excluding hydrogens is 352 g/mol. The SMILES string of the molecule is CC.N#CC(O)c1cc(OCc2ccccc2)c(OCc2ccccc2)cn1. The van der Waals surface area contributed by atoms with Crippen LogP contribution in [0.15, 0.2) is 72.9 Å². The van der Waals surface area contributed by atoms with Crippen LogP contribution >= 0.6 is 0 Å². The number of hydrogen-bond acceptors (Lipinski definition) is 5. The Balaban J connectivity index is 0.00000136. The summed E-state index contributed by atoms with van der Waals surface area (Å²) >= 11 is 0. The van der Waals surface area contributed by atoms with Gasteiger partial charge in [-0.3, -0.25) is 4.98 Å². The number of rotatable bonds is 7. The molecule has 0 bridgehead atoms. The number of nitriles is 1. The number of benzene rings is 2. The highest BCUT2D eigenvalue weighted by molar-refractivity contribution is 5.40. The van der Waals surface area contributed by atoms with Gasteiger partial charge < -0.3 is 14.6 Å². The van der Waals surface area contributed by atoms with E-state index in [1.54, 1.807) is 6.07 Å². The van der Waals surface area contributed by atoms with E-state index in [9.17, 15) is 5.11 Å². The molecule has 144 valence electrons. The Morgan fingerprint density at radius 3 is 1.89 bits per heavy atom. The highest BCUT2D eigenvalue weighted by Gasteiger charge is 2.14. The molecule has 0 aliphatic heterocycles. The molecule has 1 heterocycles. The van der Waals surface area contributed by atoms with E-state index in [0.717, 1.165) is 11.1 Å². The first-order valence-corrected chi connectivity index (χ1v) is 9.17. The topological polar surface area (TPSA) is 75.4 Å². The zero-order valence-corrected chi connectivity index (χ0v) is 16.1. The van der Waals surface area contributed by atoms with Gasteiger partial charge in [0.15, 0.2) is 17.6 Å². The molecule has 0 fully saturated rings. The largest absolute Gasteiger partial charge is 0.485 e. The summed E-state index contributed by atoms with van der Waals surface area (Å²) in [5, 5.41) is 18.6. The van der Waals surface area contributed by atoms with Gasteiger partial charge in [-0.1, -0.05) is 74.5 Å². The van der Waals surface area contributed by atoms with Crippen molar-refractivity contribution in [1.29, 1.82) is 5.26 Å². The summed E-state index contributed by atoms with van der Waals surface area (Å²) in [6, 6.07) is 22.8. The highest BCUT2D eigenvalue weighted by atomic mass is 16.5. The van der Waals surface area contributed by atoms with Crippen LogP contribution in [0.2, 0.25) is 0 Å². The van der Waals surface area contributed by atoms with Crippen molar-refractivity contribution < 1.29 is 14.6 Å². The first-order valence-electron chi connectivity index (χ1n) is 9.17. The van der Waals surface area contributed by atoms with Crippen molar-refractivity contribution in [2.24, 2.45) is 0 Å². The van der Waals surface area contributed by atoms with Crippen molar-refractivity contribution in [2.45, 2.75) is 33.2 Å². The number of aliphatic hydroxyl groups excluding tert-OH is 1. The molecule has 1 N–H and O–H groups in total. The third-order valence-electron chi connectivity index (χ3n) is 3.73. The Kier molecular flexibility index (Phi) is 8.51. The number of ether oxygens (including phenoxy) is 2. The fourth-order valence-corrected chi connectivity index (χ4v) is 2.35. The fraction of sp³-hybridized carbons (Fsp3) is 0.217. The quantitative estimate of drug-likeness (QED) is 0.598. The molecular formula is C23H24N2O3. The predicted molar refractivity (Wildman–Crippen MR) is 108 cm³/mol. The van der Waals surface area contributed by atoms with Crippen LogP contribution in [-0.4, -0.2) is 10.1 Å². The monoisotopic (exact) mass is 376 g/mol. The Morgan fingerprint density at radius 1 is 0.893 bits per heavy atom. The van der Waals surface area contributed by atoms with Crippen molar-refractivity contribution in [1.82, 2.24) is 4.98 Å². The lowest BCUT2D eigenvalue weighted by atomic mass is 10.2. The van der Waals surface area contributed by atoms with Gasteiger partial charge >= 0.3 is 0 Å². The summed E-state index contributed by atoms with van der Waals surface area (Å²) in [6.07, 6.45) is 0.163. The van der Waals surface area contributed by atoms with Crippen LogP contribution in [0.25, 0.3) is 0 Å². The van der Waals surface area contributed by atoms with Crippen LogP contribution in [0.5, 0.6) is 11.5 Å². The molecule has 5 nitrogen and oxygen atoms in total. The van der Waals surface area contributed by atoms with Crippen LogP contribution in [0, 0.1) is 11.3 Å². The van der Waals surface area contributed by atoms with Crippen molar-refractivity contribution in [3.8, 4) is 17.6 Å². The van der Waals surface area contributed by atoms with Gasteiger partial charge in [0, 0.05) is 6.07 Å². The summed E-state index contributed by atoms with van der Waals surface area (Å²) in [7, 11) is 0. The number of aliphatic hydroxyl groups is 1. The van der Waals surface area contributed by atoms with Crippen LogP contribution in [0.3, 0.4) is 0 Å². The number of pyridine rings is 1. The summed E-state index contributed by atoms with van der Waals surface area (Å²) in [5.41, 5.74) is 2.24. The Labute approximate surface area is 165 Å². The van der Waals surface area contributed by atoms with Gasteiger partial charge in [-0.2, -0.15) is 5.26 Å². The molecule has 0 amide bonds. The summed E-state index contributed by atoms with van der Waals surface area (Å²) in [6.45, 7) is 4.71. The minimum Gasteiger partial charge on any atom is -0.485 e. The normalized spacial score (nSPS) is 10.8. The second-order valence-electron chi connectivity index (χ2n) is 5.64. The molecule has 2 aromatic carbocycles. The molecule has 1 atom stereocenters. The van der Waals surface area contributed by atoms with E-state index in [0.29, 0.717) is 24.7 Å². The minimum absolute atomic E-state index is 0.225. The van der Waals surface area contributed by atoms with Gasteiger partial charge in [0.25, 0.3) is 0 Å². The van der Waals surface area contributed by atoms with Gasteiger partial charge in [0.1, 0.15) is 19.3 Å². The van der Waals surface area contributed by atoms with E-state index in [1.165, 1.54) is 12.3 Å². The van der Waals surface area contributed by atoms with E-state index < -0.39 is 6.10 Å². The number of hydrogen-bond donors (Lipinski definition) is 1. The molecule has 0 saturated heterocycles. The maximum absolute atomic E-state index is 9.72. The average Bonchev–Trinajstić information content (AvgIpc) is 2.78. The van der Waals surface area contributed by atoms with Gasteiger partial charge in [0.05, 0.1) is 11.9 Å². The Hall–Kier alpha value is -3.36. The Bertz CT molecular complexity index is 877. The smallest absolute Gasteiger partial charge is 0.183 e. The molecule has 1 unspecified atom stereocenters. The second-order valence-corrected chi connectivity index (χ2v) is 5.64. The van der Waals surface area contributed by atoms with Crippen LogP contribution in [0.4, 0.5) is 0 Å². The van der Waals surface area contributed by atoms with Crippen molar-refractivity contribution >= 4 is 0 Å². The Morgan fingerprint density at radius 2 is 1.39 bits per heavy atom. The molecule has 5 heteroatoms. The van der Waals surface area contributed by atoms with Gasteiger partial charge in [-0.25, -0.2) is 0 Å². The number of nitrogens with zero attached hydrogens (tertiary/aromatic N) is 2. The van der Waals surface area contributed by atoms with E-state index >= 15 is 0 Å². The van der Waals surface area contributed by atoms with Crippen LogP contribution in [-0.2, 0) is 13.2 Å². The number of aromatic nitrogens is 1. The molecule has 0 aliphatic rings. The predicted octanol–water partition coefficient (Wildman–Crippen LogP) is 4.82. The maximum atomic E-state index is 9.72. The van der Waals surface area contributed by atoms with Gasteiger partial charge in [0.2, 0.25) is 0 Å². The van der Waals surface area contributed by atoms with Gasteiger partial charge in [-0.05, 0) is 11.1 Å². The third-order valence-corrected chi connectivity index (χ3v) is 3.73. The van der Waals surface area contributed by atoms with E-state index in [-0.39, 0.29) is 5.69 Å². The molecule has 0 aliphatic carbocycles. The lowest BCUT2D eigenvalue weighted by Crippen LogP contribution is -2.04. The van der Waals surface area contributed by atoms with Crippen LogP contribution < -0.4 is 9.47 Å². The van der Waals surface area contributed by atoms with Gasteiger partial charge in [-0.15, -0.1) is 0 Å². The lowest BCUT2D eigenvalue weighted by Gasteiger charge is -2.14. The third kappa shape index (κ3) is 6.11. The standard InChI is InChI=1S/C21H18N2O3.C2H6/c22-12-19(24)18-11-20(25-14-16-7-3-1-4-8-16)21(13-23-18)26-15-17-9-5-2-6-10-17;1-2/h1-11,13,19,24H,14-15H2;1-2H3. The second kappa shape index (κ2) is 11.4. The summed E-state index contributed by atoms with van der Waals surface area (Å²) in [4.78, 5) is 4.10. The first kappa shape index (κ1) is 20.9. The average molecular weight is 376 g/mol. The fourth-order valence-electron chi connectivity index (χ4n) is 2.35. The molecule has 0 radical (unpaired) electrons. The zero-order valence-electron chi connectivity index (χ0n) is 16.1. The van der Waals surface area contributed by atoms with Crippen LogP contribution in [0.1, 0.15) is 36.8 Å². The zero-order chi connectivity index (χ0) is 20.2. The molecule has 3 rings (SSSR count). The molecule has 0 saturated carbocycles. The van der Waals surface area contributed by atoms with E-state index in [4.69, 9.17) is 14.7 Å². The van der Waals surface area contributed by atoms with E-state index in [2.05, 4.69) is 4.98 Å². The van der Waals surface area contributed by atoms with Crippen molar-refractivity contribution in [3.05, 3.63) is 89.7 Å². The summed E-state index contributed by atoms with van der Waals surface area (Å²) in [5.74, 6) is 0.891. The highest BCUT2D eigenvalue weighted by Crippen LogP contribution is 2.30. The van der Waals surface area contributed by atoms with Crippen molar-refractivity contribution in [2.75, 3.05) is 0 Å². The lowest BCUT2D eigenvalue weighted by molar-refractivity contribution is 0.225. The minimum atomic E-state index is -1.31. The summed E-state index contributed by atoms with van der Waals surface area (Å²) < 4.78 is 11.7. The maximum Gasteiger partial charge on any atom is 0.183 e. The van der Waals surface area contributed by atoms with Crippen molar-refractivity contribution in [3.63, 3.8) is 0 Å². The molecule has 1 aromatic heterocycles.